The number of aromatic amines is 1. The topological polar surface area (TPSA) is 87.3 Å². The summed E-state index contributed by atoms with van der Waals surface area (Å²) in [5.74, 6) is 0.152. The summed E-state index contributed by atoms with van der Waals surface area (Å²) in [5.41, 5.74) is 0.799. The van der Waals surface area contributed by atoms with Gasteiger partial charge in [-0.15, -0.1) is 0 Å². The number of carbonyl (C=O) groups is 2. The fraction of sp³-hybridized carbons (Fsp3) is 0.500. The average molecular weight is 344 g/mol. The fourth-order valence-electron chi connectivity index (χ4n) is 3.00. The van der Waals surface area contributed by atoms with E-state index in [-0.39, 0.29) is 11.8 Å². The van der Waals surface area contributed by atoms with Crippen LogP contribution in [-0.4, -0.2) is 52.3 Å². The van der Waals surface area contributed by atoms with Gasteiger partial charge in [0.2, 0.25) is 0 Å². The zero-order valence-corrected chi connectivity index (χ0v) is 14.8. The predicted octanol–water partition coefficient (Wildman–Crippen LogP) is 2.55. The Morgan fingerprint density at radius 3 is 2.88 bits per heavy atom. The summed E-state index contributed by atoms with van der Waals surface area (Å²) in [6.07, 6.45) is 0.430. The number of rotatable bonds is 3. The van der Waals surface area contributed by atoms with Crippen LogP contribution in [0.3, 0.4) is 0 Å². The van der Waals surface area contributed by atoms with Crippen LogP contribution in [0, 0.1) is 5.92 Å². The number of likely N-dealkylation sites (tertiary alicyclic amines) is 1. The number of alkyl carbamates (subject to hydrolysis) is 1. The molecule has 7 heteroatoms. The third-order valence-corrected chi connectivity index (χ3v) is 4.18. The normalized spacial score (nSPS) is 17.7. The van der Waals surface area contributed by atoms with Crippen molar-refractivity contribution in [2.24, 2.45) is 5.92 Å². The second-order valence-electron chi connectivity index (χ2n) is 7.41. The van der Waals surface area contributed by atoms with Crippen LogP contribution in [0.25, 0.3) is 10.9 Å². The summed E-state index contributed by atoms with van der Waals surface area (Å²) in [4.78, 5) is 26.3. The molecule has 1 saturated heterocycles. The van der Waals surface area contributed by atoms with Gasteiger partial charge in [0, 0.05) is 25.0 Å². The number of para-hydroxylation sites is 1. The number of nitrogens with one attached hydrogen (secondary N) is 2. The number of benzene rings is 1. The van der Waals surface area contributed by atoms with E-state index in [2.05, 4.69) is 15.5 Å². The van der Waals surface area contributed by atoms with Gasteiger partial charge in [0.15, 0.2) is 5.69 Å². The van der Waals surface area contributed by atoms with Crippen LogP contribution >= 0.6 is 0 Å². The quantitative estimate of drug-likeness (QED) is 0.896. The number of H-pyrrole nitrogens is 1. The lowest BCUT2D eigenvalue weighted by Crippen LogP contribution is -2.36. The number of nitrogens with zero attached hydrogens (tertiary/aromatic N) is 2. The molecule has 1 aliphatic heterocycles. The molecule has 134 valence electrons. The number of carbonyl (C=O) groups excluding carboxylic acids is 2. The molecule has 2 aromatic rings. The Hall–Kier alpha value is -2.57. The highest BCUT2D eigenvalue weighted by atomic mass is 16.6. The molecule has 0 radical (unpaired) electrons. The summed E-state index contributed by atoms with van der Waals surface area (Å²) >= 11 is 0. The molecular formula is C18H24N4O3. The van der Waals surface area contributed by atoms with Gasteiger partial charge in [-0.3, -0.25) is 9.89 Å². The van der Waals surface area contributed by atoms with Crippen molar-refractivity contribution in [3.8, 4) is 0 Å². The zero-order valence-electron chi connectivity index (χ0n) is 14.8. The van der Waals surface area contributed by atoms with Gasteiger partial charge in [0.1, 0.15) is 5.60 Å². The maximum atomic E-state index is 12.7. The van der Waals surface area contributed by atoms with Gasteiger partial charge in [-0.1, -0.05) is 18.2 Å². The lowest BCUT2D eigenvalue weighted by atomic mass is 10.1. The number of hydrogen-bond donors (Lipinski definition) is 2. The van der Waals surface area contributed by atoms with Crippen molar-refractivity contribution in [1.29, 1.82) is 0 Å². The second-order valence-corrected chi connectivity index (χ2v) is 7.41. The molecule has 0 bridgehead atoms. The minimum Gasteiger partial charge on any atom is -0.444 e. The van der Waals surface area contributed by atoms with E-state index in [4.69, 9.17) is 4.74 Å². The van der Waals surface area contributed by atoms with Crippen LogP contribution < -0.4 is 5.32 Å². The van der Waals surface area contributed by atoms with Crippen molar-refractivity contribution in [3.63, 3.8) is 0 Å². The maximum absolute atomic E-state index is 12.7. The number of hydrogen-bond acceptors (Lipinski definition) is 4. The third kappa shape index (κ3) is 4.10. The van der Waals surface area contributed by atoms with Crippen molar-refractivity contribution in [2.75, 3.05) is 19.6 Å². The van der Waals surface area contributed by atoms with E-state index in [0.717, 1.165) is 17.3 Å². The SMILES string of the molecule is CC(C)(C)OC(=O)NCC1CCN(C(=O)c2n[nH]c3ccccc23)C1. The number of ether oxygens (including phenoxy) is 1. The van der Waals surface area contributed by atoms with E-state index in [1.165, 1.54) is 0 Å². The van der Waals surface area contributed by atoms with E-state index in [1.54, 1.807) is 4.90 Å². The van der Waals surface area contributed by atoms with Gasteiger partial charge in [0.05, 0.1) is 5.52 Å². The molecule has 7 nitrogen and oxygen atoms in total. The largest absolute Gasteiger partial charge is 0.444 e. The van der Waals surface area contributed by atoms with Gasteiger partial charge < -0.3 is 15.0 Å². The summed E-state index contributed by atoms with van der Waals surface area (Å²) < 4.78 is 5.23. The highest BCUT2D eigenvalue weighted by Crippen LogP contribution is 2.21. The van der Waals surface area contributed by atoms with Crippen LogP contribution in [0.2, 0.25) is 0 Å². The van der Waals surface area contributed by atoms with Crippen LogP contribution in [0.1, 0.15) is 37.7 Å². The fourth-order valence-corrected chi connectivity index (χ4v) is 3.00. The molecule has 1 fully saturated rings. The van der Waals surface area contributed by atoms with Crippen molar-refractivity contribution >= 4 is 22.9 Å². The molecule has 0 spiro atoms. The molecule has 0 aliphatic carbocycles. The van der Waals surface area contributed by atoms with Crippen LogP contribution in [0.15, 0.2) is 24.3 Å². The third-order valence-electron chi connectivity index (χ3n) is 4.18. The van der Waals surface area contributed by atoms with E-state index >= 15 is 0 Å². The molecule has 1 unspecified atom stereocenters. The minimum atomic E-state index is -0.511. The maximum Gasteiger partial charge on any atom is 0.407 e. The molecule has 1 aromatic heterocycles. The minimum absolute atomic E-state index is 0.0720. The van der Waals surface area contributed by atoms with Crippen LogP contribution in [0.5, 0.6) is 0 Å². The first-order valence-electron chi connectivity index (χ1n) is 8.53. The highest BCUT2D eigenvalue weighted by Gasteiger charge is 2.29. The number of aromatic nitrogens is 2. The van der Waals surface area contributed by atoms with E-state index in [0.29, 0.717) is 25.3 Å². The summed E-state index contributed by atoms with van der Waals surface area (Å²) in [7, 11) is 0. The number of fused-ring (bicyclic) bond motifs is 1. The van der Waals surface area contributed by atoms with E-state index < -0.39 is 11.7 Å². The molecule has 1 aromatic carbocycles. The first-order valence-corrected chi connectivity index (χ1v) is 8.53. The molecule has 2 amide bonds. The van der Waals surface area contributed by atoms with Gasteiger partial charge in [0.25, 0.3) is 5.91 Å². The highest BCUT2D eigenvalue weighted by molar-refractivity contribution is 6.04. The molecule has 0 saturated carbocycles. The average Bonchev–Trinajstić information content (AvgIpc) is 3.18. The second kappa shape index (κ2) is 6.74. The first kappa shape index (κ1) is 17.3. The Kier molecular flexibility index (Phi) is 4.65. The molecule has 25 heavy (non-hydrogen) atoms. The lowest BCUT2D eigenvalue weighted by Gasteiger charge is -2.20. The van der Waals surface area contributed by atoms with E-state index in [1.807, 2.05) is 45.0 Å². The molecular weight excluding hydrogens is 320 g/mol. The Balaban J connectivity index is 1.56. The Bertz CT molecular complexity index is 778. The van der Waals surface area contributed by atoms with Gasteiger partial charge >= 0.3 is 6.09 Å². The monoisotopic (exact) mass is 344 g/mol. The summed E-state index contributed by atoms with van der Waals surface area (Å²) in [6.45, 7) is 7.26. The Morgan fingerprint density at radius 1 is 1.36 bits per heavy atom. The predicted molar refractivity (Wildman–Crippen MR) is 94.3 cm³/mol. The smallest absolute Gasteiger partial charge is 0.407 e. The van der Waals surface area contributed by atoms with Crippen molar-refractivity contribution in [2.45, 2.75) is 32.8 Å². The Morgan fingerprint density at radius 2 is 2.12 bits per heavy atom. The molecule has 2 heterocycles. The molecule has 1 aliphatic rings. The van der Waals surface area contributed by atoms with Crippen molar-refractivity contribution < 1.29 is 14.3 Å². The van der Waals surface area contributed by atoms with Gasteiger partial charge in [-0.25, -0.2) is 4.79 Å². The molecule has 2 N–H and O–H groups in total. The van der Waals surface area contributed by atoms with E-state index in [9.17, 15) is 9.59 Å². The van der Waals surface area contributed by atoms with Crippen LogP contribution in [-0.2, 0) is 4.74 Å². The zero-order chi connectivity index (χ0) is 18.0. The molecule has 3 rings (SSSR count). The van der Waals surface area contributed by atoms with Gasteiger partial charge in [-0.2, -0.15) is 5.10 Å². The lowest BCUT2D eigenvalue weighted by molar-refractivity contribution is 0.0520. The Labute approximate surface area is 146 Å². The standard InChI is InChI=1S/C18H24N4O3/c1-18(2,3)25-17(24)19-10-12-8-9-22(11-12)16(23)15-13-6-4-5-7-14(13)20-21-15/h4-7,12H,8-11H2,1-3H3,(H,19,24)(H,20,21). The first-order chi connectivity index (χ1) is 11.8. The van der Waals surface area contributed by atoms with Crippen LogP contribution in [0.4, 0.5) is 4.79 Å². The number of amides is 2. The summed E-state index contributed by atoms with van der Waals surface area (Å²) in [5, 5.41) is 10.7. The molecule has 1 atom stereocenters. The van der Waals surface area contributed by atoms with Crippen molar-refractivity contribution in [3.05, 3.63) is 30.0 Å². The van der Waals surface area contributed by atoms with Gasteiger partial charge in [-0.05, 0) is 39.2 Å². The van der Waals surface area contributed by atoms with Crippen molar-refractivity contribution in [1.82, 2.24) is 20.4 Å². The summed E-state index contributed by atoms with van der Waals surface area (Å²) in [6, 6.07) is 7.59.